The fourth-order valence-corrected chi connectivity index (χ4v) is 3.17. The fraction of sp³-hybridized carbons (Fsp3) is 0.579. The molecule has 0 aromatic heterocycles. The van der Waals surface area contributed by atoms with Gasteiger partial charge in [-0.15, -0.1) is 0 Å². The topological polar surface area (TPSA) is 58.6 Å². The van der Waals surface area contributed by atoms with Gasteiger partial charge < -0.3 is 15.0 Å². The van der Waals surface area contributed by atoms with E-state index in [0.717, 1.165) is 25.8 Å². The maximum Gasteiger partial charge on any atom is 0.227 e. The monoisotopic (exact) mass is 332 g/mol. The van der Waals surface area contributed by atoms with Crippen LogP contribution in [0.2, 0.25) is 0 Å². The van der Waals surface area contributed by atoms with Crippen molar-refractivity contribution in [3.05, 3.63) is 35.9 Å². The van der Waals surface area contributed by atoms with Gasteiger partial charge >= 0.3 is 0 Å². The van der Waals surface area contributed by atoms with Gasteiger partial charge in [0.15, 0.2) is 0 Å². The van der Waals surface area contributed by atoms with Gasteiger partial charge in [-0.25, -0.2) is 0 Å². The minimum Gasteiger partial charge on any atom is -0.383 e. The number of carbonyl (C=O) groups is 2. The normalized spacial score (nSPS) is 20.7. The summed E-state index contributed by atoms with van der Waals surface area (Å²) in [5.74, 6) is 0.148. The van der Waals surface area contributed by atoms with Gasteiger partial charge in [-0.2, -0.15) is 0 Å². The summed E-state index contributed by atoms with van der Waals surface area (Å²) in [5, 5.41) is 2.91. The number of hydrogen-bond acceptors (Lipinski definition) is 3. The van der Waals surface area contributed by atoms with E-state index in [1.165, 1.54) is 5.56 Å². The molecule has 0 saturated carbocycles. The molecule has 2 amide bonds. The summed E-state index contributed by atoms with van der Waals surface area (Å²) in [6, 6.07) is 10.0. The second kappa shape index (κ2) is 8.83. The quantitative estimate of drug-likeness (QED) is 0.777. The van der Waals surface area contributed by atoms with Crippen molar-refractivity contribution in [2.75, 3.05) is 33.4 Å². The molecule has 1 aliphatic heterocycles. The SMILES string of the molecule is COCCNC(=O)C1(C)CCCN(C(=O)CCc2ccccc2)C1. The van der Waals surface area contributed by atoms with Gasteiger partial charge in [0.05, 0.1) is 12.0 Å². The Morgan fingerprint density at radius 2 is 2.04 bits per heavy atom. The first-order valence-corrected chi connectivity index (χ1v) is 8.64. The van der Waals surface area contributed by atoms with Crippen LogP contribution in [0.15, 0.2) is 30.3 Å². The molecular formula is C19H28N2O3. The van der Waals surface area contributed by atoms with Crippen molar-refractivity contribution in [3.8, 4) is 0 Å². The number of nitrogens with one attached hydrogen (secondary N) is 1. The van der Waals surface area contributed by atoms with Crippen molar-refractivity contribution in [2.45, 2.75) is 32.6 Å². The average Bonchev–Trinajstić information content (AvgIpc) is 2.60. The molecule has 1 N–H and O–H groups in total. The van der Waals surface area contributed by atoms with Crippen LogP contribution in [0.4, 0.5) is 0 Å². The molecule has 0 bridgehead atoms. The number of amides is 2. The third-order valence-electron chi connectivity index (χ3n) is 4.66. The molecule has 0 aliphatic carbocycles. The zero-order valence-corrected chi connectivity index (χ0v) is 14.7. The maximum absolute atomic E-state index is 12.5. The van der Waals surface area contributed by atoms with Gasteiger partial charge in [0.2, 0.25) is 11.8 Å². The first-order chi connectivity index (χ1) is 11.5. The Bertz CT molecular complexity index is 547. The second-order valence-electron chi connectivity index (χ2n) is 6.71. The smallest absolute Gasteiger partial charge is 0.227 e. The van der Waals surface area contributed by atoms with Crippen LogP contribution < -0.4 is 5.32 Å². The Morgan fingerprint density at radius 3 is 2.75 bits per heavy atom. The van der Waals surface area contributed by atoms with Crippen LogP contribution >= 0.6 is 0 Å². The molecule has 1 saturated heterocycles. The van der Waals surface area contributed by atoms with Crippen molar-refractivity contribution in [2.24, 2.45) is 5.41 Å². The Labute approximate surface area is 144 Å². The van der Waals surface area contributed by atoms with Crippen LogP contribution in [-0.4, -0.2) is 50.1 Å². The van der Waals surface area contributed by atoms with Crippen molar-refractivity contribution >= 4 is 11.8 Å². The van der Waals surface area contributed by atoms with E-state index in [0.29, 0.717) is 26.1 Å². The van der Waals surface area contributed by atoms with Crippen LogP contribution in [0, 0.1) is 5.41 Å². The van der Waals surface area contributed by atoms with E-state index in [9.17, 15) is 9.59 Å². The molecule has 1 aliphatic rings. The summed E-state index contributed by atoms with van der Waals surface area (Å²) in [4.78, 5) is 26.8. The minimum absolute atomic E-state index is 0.0140. The van der Waals surface area contributed by atoms with E-state index in [-0.39, 0.29) is 11.8 Å². The molecular weight excluding hydrogens is 304 g/mol. The third kappa shape index (κ3) is 5.06. The summed E-state index contributed by atoms with van der Waals surface area (Å²) >= 11 is 0. The predicted molar refractivity (Wildman–Crippen MR) is 93.6 cm³/mol. The van der Waals surface area contributed by atoms with Crippen molar-refractivity contribution in [1.82, 2.24) is 10.2 Å². The maximum atomic E-state index is 12.5. The number of piperidine rings is 1. The van der Waals surface area contributed by atoms with E-state index in [4.69, 9.17) is 4.74 Å². The molecule has 1 aromatic rings. The number of nitrogens with zero attached hydrogens (tertiary/aromatic N) is 1. The largest absolute Gasteiger partial charge is 0.383 e. The van der Waals surface area contributed by atoms with E-state index in [2.05, 4.69) is 5.32 Å². The number of ether oxygens (including phenoxy) is 1. The second-order valence-corrected chi connectivity index (χ2v) is 6.71. The highest BCUT2D eigenvalue weighted by Crippen LogP contribution is 2.30. The Morgan fingerprint density at radius 1 is 1.29 bits per heavy atom. The van der Waals surface area contributed by atoms with Gasteiger partial charge in [0.1, 0.15) is 0 Å². The molecule has 5 heteroatoms. The Kier molecular flexibility index (Phi) is 6.79. The molecule has 1 atom stereocenters. The van der Waals surface area contributed by atoms with Gasteiger partial charge in [-0.3, -0.25) is 9.59 Å². The van der Waals surface area contributed by atoms with Crippen LogP contribution in [0.25, 0.3) is 0 Å². The summed E-state index contributed by atoms with van der Waals surface area (Å²) in [5.41, 5.74) is 0.664. The van der Waals surface area contributed by atoms with Crippen LogP contribution in [0.3, 0.4) is 0 Å². The van der Waals surface area contributed by atoms with E-state index in [1.54, 1.807) is 7.11 Å². The number of methoxy groups -OCH3 is 1. The third-order valence-corrected chi connectivity index (χ3v) is 4.66. The highest BCUT2D eigenvalue weighted by atomic mass is 16.5. The van der Waals surface area contributed by atoms with E-state index >= 15 is 0 Å². The summed E-state index contributed by atoms with van der Waals surface area (Å²) < 4.78 is 4.97. The lowest BCUT2D eigenvalue weighted by Crippen LogP contribution is -2.52. The average molecular weight is 332 g/mol. The number of carbonyl (C=O) groups excluding carboxylic acids is 2. The van der Waals surface area contributed by atoms with Crippen LogP contribution in [-0.2, 0) is 20.7 Å². The first-order valence-electron chi connectivity index (χ1n) is 8.64. The van der Waals surface area contributed by atoms with Crippen molar-refractivity contribution in [3.63, 3.8) is 0 Å². The zero-order valence-electron chi connectivity index (χ0n) is 14.7. The molecule has 1 aromatic carbocycles. The number of benzene rings is 1. The molecule has 1 heterocycles. The first kappa shape index (κ1) is 18.5. The fourth-order valence-electron chi connectivity index (χ4n) is 3.17. The van der Waals surface area contributed by atoms with Crippen LogP contribution in [0.1, 0.15) is 31.7 Å². The standard InChI is InChI=1S/C19H28N2O3/c1-19(18(23)20-12-14-24-2)11-6-13-21(15-19)17(22)10-9-16-7-4-3-5-8-16/h3-5,7-8H,6,9-15H2,1-2H3,(H,20,23). The zero-order chi connectivity index (χ0) is 17.4. The lowest BCUT2D eigenvalue weighted by atomic mass is 9.80. The van der Waals surface area contributed by atoms with Gasteiger partial charge in [0.25, 0.3) is 0 Å². The molecule has 0 spiro atoms. The summed E-state index contributed by atoms with van der Waals surface area (Å²) in [6.07, 6.45) is 2.91. The molecule has 2 rings (SSSR count). The molecule has 5 nitrogen and oxygen atoms in total. The van der Waals surface area contributed by atoms with Crippen molar-refractivity contribution in [1.29, 1.82) is 0 Å². The van der Waals surface area contributed by atoms with Gasteiger partial charge in [0, 0.05) is 33.2 Å². The number of likely N-dealkylation sites (tertiary alicyclic amines) is 1. The summed E-state index contributed by atoms with van der Waals surface area (Å²) in [7, 11) is 1.61. The molecule has 1 unspecified atom stereocenters. The Balaban J connectivity index is 1.86. The lowest BCUT2D eigenvalue weighted by Gasteiger charge is -2.39. The molecule has 132 valence electrons. The summed E-state index contributed by atoms with van der Waals surface area (Å²) in [6.45, 7) is 4.20. The highest BCUT2D eigenvalue weighted by molar-refractivity contribution is 5.84. The van der Waals surface area contributed by atoms with Crippen molar-refractivity contribution < 1.29 is 14.3 Å². The predicted octanol–water partition coefficient (Wildman–Crippen LogP) is 2.01. The number of rotatable bonds is 7. The molecule has 0 radical (unpaired) electrons. The number of hydrogen-bond donors (Lipinski definition) is 1. The molecule has 24 heavy (non-hydrogen) atoms. The lowest BCUT2D eigenvalue weighted by molar-refractivity contribution is -0.140. The van der Waals surface area contributed by atoms with Crippen LogP contribution in [0.5, 0.6) is 0 Å². The van der Waals surface area contributed by atoms with E-state index < -0.39 is 5.41 Å². The van der Waals surface area contributed by atoms with Gasteiger partial charge in [-0.05, 0) is 31.7 Å². The molecule has 1 fully saturated rings. The number of aryl methyl sites for hydroxylation is 1. The highest BCUT2D eigenvalue weighted by Gasteiger charge is 2.38. The van der Waals surface area contributed by atoms with Gasteiger partial charge in [-0.1, -0.05) is 30.3 Å². The van der Waals surface area contributed by atoms with E-state index in [1.807, 2.05) is 42.2 Å². The Hall–Kier alpha value is -1.88. The minimum atomic E-state index is -0.506.